The number of alkyl halides is 3. The van der Waals surface area contributed by atoms with E-state index in [1.807, 2.05) is 6.07 Å². The molecule has 0 saturated heterocycles. The van der Waals surface area contributed by atoms with Gasteiger partial charge in [0.2, 0.25) is 5.91 Å². The lowest BCUT2D eigenvalue weighted by molar-refractivity contribution is -0.136. The topological polar surface area (TPSA) is 81.8 Å². The molecule has 0 spiro atoms. The standard InChI is InChI=1S/C25H16F3N5O2/c1-2-22(34)31-21-13-17(5-7-19(21)25(26,27)28)33-23(35)9-4-15-14-29-20-8-6-16(12-18(20)24(15)33)32-11-3-10-30-32/h2-14H,1H2,(H,31,34). The Labute approximate surface area is 195 Å². The Bertz CT molecular complexity index is 1670. The molecule has 3 aromatic heterocycles. The first-order valence-electron chi connectivity index (χ1n) is 10.4. The van der Waals surface area contributed by atoms with Crippen LogP contribution in [0.15, 0.2) is 90.6 Å². The van der Waals surface area contributed by atoms with Gasteiger partial charge in [0.15, 0.2) is 0 Å². The smallest absolute Gasteiger partial charge is 0.322 e. The molecule has 0 bridgehead atoms. The van der Waals surface area contributed by atoms with Crippen LogP contribution in [0.2, 0.25) is 0 Å². The number of carbonyl (C=O) groups is 1. The minimum absolute atomic E-state index is 0.143. The maximum absolute atomic E-state index is 13.6. The van der Waals surface area contributed by atoms with Gasteiger partial charge in [0.25, 0.3) is 5.56 Å². The molecule has 0 aliphatic carbocycles. The predicted molar refractivity (Wildman–Crippen MR) is 126 cm³/mol. The summed E-state index contributed by atoms with van der Waals surface area (Å²) in [5.41, 5.74) is -0.0973. The van der Waals surface area contributed by atoms with E-state index in [9.17, 15) is 22.8 Å². The molecule has 0 atom stereocenters. The Kier molecular flexibility index (Phi) is 5.20. The van der Waals surface area contributed by atoms with Crippen LogP contribution in [0, 0.1) is 0 Å². The molecule has 0 aliphatic rings. The molecule has 2 aromatic carbocycles. The van der Waals surface area contributed by atoms with E-state index in [4.69, 9.17) is 0 Å². The molecular formula is C25H16F3N5O2. The molecule has 5 aromatic rings. The zero-order chi connectivity index (χ0) is 24.7. The normalized spacial score (nSPS) is 11.6. The summed E-state index contributed by atoms with van der Waals surface area (Å²) < 4.78 is 43.7. The second-order valence-electron chi connectivity index (χ2n) is 7.64. The Morgan fingerprint density at radius 3 is 2.57 bits per heavy atom. The molecule has 1 N–H and O–H groups in total. The number of carbonyl (C=O) groups excluding carboxylic acids is 1. The number of amides is 1. The monoisotopic (exact) mass is 475 g/mol. The molecule has 0 unspecified atom stereocenters. The van der Waals surface area contributed by atoms with E-state index in [1.165, 1.54) is 16.7 Å². The Morgan fingerprint density at radius 1 is 1.06 bits per heavy atom. The highest BCUT2D eigenvalue weighted by atomic mass is 19.4. The number of benzene rings is 2. The van der Waals surface area contributed by atoms with E-state index in [-0.39, 0.29) is 5.69 Å². The zero-order valence-corrected chi connectivity index (χ0v) is 18.0. The summed E-state index contributed by atoms with van der Waals surface area (Å²) in [4.78, 5) is 29.3. The molecule has 0 aliphatic heterocycles. The van der Waals surface area contributed by atoms with Gasteiger partial charge < -0.3 is 5.32 Å². The summed E-state index contributed by atoms with van der Waals surface area (Å²) in [6, 6.07) is 13.2. The number of rotatable bonds is 4. The van der Waals surface area contributed by atoms with Crippen LogP contribution in [-0.4, -0.2) is 25.2 Å². The number of halogens is 3. The van der Waals surface area contributed by atoms with Gasteiger partial charge in [-0.1, -0.05) is 6.58 Å². The SMILES string of the molecule is C=CC(=O)Nc1cc(-n2c(=O)ccc3cnc4ccc(-n5cccn5)cc4c32)ccc1C(F)(F)F. The fourth-order valence-corrected chi connectivity index (χ4v) is 3.93. The van der Waals surface area contributed by atoms with Gasteiger partial charge in [-0.15, -0.1) is 0 Å². The number of anilines is 1. The lowest BCUT2D eigenvalue weighted by Gasteiger charge is -2.17. The molecule has 10 heteroatoms. The summed E-state index contributed by atoms with van der Waals surface area (Å²) in [5.74, 6) is -0.809. The third-order valence-corrected chi connectivity index (χ3v) is 5.48. The molecular weight excluding hydrogens is 459 g/mol. The van der Waals surface area contributed by atoms with E-state index in [1.54, 1.807) is 47.5 Å². The summed E-state index contributed by atoms with van der Waals surface area (Å²) >= 11 is 0. The van der Waals surface area contributed by atoms with Crippen molar-refractivity contribution in [2.24, 2.45) is 0 Å². The van der Waals surface area contributed by atoms with Crippen molar-refractivity contribution in [1.29, 1.82) is 0 Å². The largest absolute Gasteiger partial charge is 0.418 e. The first-order valence-corrected chi connectivity index (χ1v) is 10.4. The molecule has 1 amide bonds. The average Bonchev–Trinajstić information content (AvgIpc) is 3.38. The highest BCUT2D eigenvalue weighted by molar-refractivity contribution is 6.05. The Morgan fingerprint density at radius 2 is 1.86 bits per heavy atom. The summed E-state index contributed by atoms with van der Waals surface area (Å²) in [6.07, 6.45) is 1.12. The second-order valence-corrected chi connectivity index (χ2v) is 7.64. The lowest BCUT2D eigenvalue weighted by atomic mass is 10.1. The van der Waals surface area contributed by atoms with Gasteiger partial charge in [-0.05, 0) is 54.6 Å². The predicted octanol–water partition coefficient (Wildman–Crippen LogP) is 4.87. The molecule has 5 rings (SSSR count). The highest BCUT2D eigenvalue weighted by Crippen LogP contribution is 2.36. The van der Waals surface area contributed by atoms with Gasteiger partial charge in [-0.2, -0.15) is 18.3 Å². The minimum atomic E-state index is -4.72. The van der Waals surface area contributed by atoms with E-state index in [0.29, 0.717) is 27.5 Å². The molecule has 7 nitrogen and oxygen atoms in total. The van der Waals surface area contributed by atoms with Crippen molar-refractivity contribution < 1.29 is 18.0 Å². The number of hydrogen-bond donors (Lipinski definition) is 1. The summed E-state index contributed by atoms with van der Waals surface area (Å²) in [6.45, 7) is 3.29. The van der Waals surface area contributed by atoms with E-state index < -0.39 is 28.9 Å². The maximum atomic E-state index is 13.6. The van der Waals surface area contributed by atoms with Crippen LogP contribution in [0.5, 0.6) is 0 Å². The molecule has 174 valence electrons. The van der Waals surface area contributed by atoms with Crippen LogP contribution in [0.4, 0.5) is 18.9 Å². The van der Waals surface area contributed by atoms with Gasteiger partial charge in [0, 0.05) is 35.4 Å². The fourth-order valence-electron chi connectivity index (χ4n) is 3.93. The molecule has 0 fully saturated rings. The summed E-state index contributed by atoms with van der Waals surface area (Å²) in [5, 5.41) is 7.62. The first-order chi connectivity index (χ1) is 16.8. The minimum Gasteiger partial charge on any atom is -0.322 e. The first kappa shape index (κ1) is 22.1. The molecule has 35 heavy (non-hydrogen) atoms. The number of pyridine rings is 2. The average molecular weight is 475 g/mol. The lowest BCUT2D eigenvalue weighted by Crippen LogP contribution is -2.20. The van der Waals surface area contributed by atoms with E-state index in [0.717, 1.165) is 18.2 Å². The number of hydrogen-bond acceptors (Lipinski definition) is 4. The van der Waals surface area contributed by atoms with Crippen molar-refractivity contribution in [1.82, 2.24) is 19.3 Å². The third kappa shape index (κ3) is 3.95. The number of aromatic nitrogens is 4. The number of nitrogens with zero attached hydrogens (tertiary/aromatic N) is 4. The van der Waals surface area contributed by atoms with Crippen LogP contribution in [0.25, 0.3) is 33.2 Å². The highest BCUT2D eigenvalue weighted by Gasteiger charge is 2.34. The van der Waals surface area contributed by atoms with Gasteiger partial charge in [-0.25, -0.2) is 4.68 Å². The van der Waals surface area contributed by atoms with Crippen LogP contribution < -0.4 is 10.9 Å². The van der Waals surface area contributed by atoms with Crippen molar-refractivity contribution in [3.05, 3.63) is 102 Å². The third-order valence-electron chi connectivity index (χ3n) is 5.48. The fraction of sp³-hybridized carbons (Fsp3) is 0.0400. The van der Waals surface area contributed by atoms with Crippen molar-refractivity contribution in [2.75, 3.05) is 5.32 Å². The zero-order valence-electron chi connectivity index (χ0n) is 18.0. The summed E-state index contributed by atoms with van der Waals surface area (Å²) in [7, 11) is 0. The van der Waals surface area contributed by atoms with Crippen LogP contribution in [0.1, 0.15) is 5.56 Å². The van der Waals surface area contributed by atoms with Gasteiger partial charge in [0.1, 0.15) is 0 Å². The maximum Gasteiger partial charge on any atom is 0.418 e. The van der Waals surface area contributed by atoms with Crippen LogP contribution in [-0.2, 0) is 11.0 Å². The second kappa shape index (κ2) is 8.24. The Hall–Kier alpha value is -4.73. The van der Waals surface area contributed by atoms with Crippen LogP contribution in [0.3, 0.4) is 0 Å². The van der Waals surface area contributed by atoms with Gasteiger partial charge in [-0.3, -0.25) is 19.1 Å². The quantitative estimate of drug-likeness (QED) is 0.297. The Balaban J connectivity index is 1.82. The number of nitrogens with one attached hydrogen (secondary N) is 1. The van der Waals surface area contributed by atoms with Gasteiger partial charge in [0.05, 0.1) is 33.7 Å². The van der Waals surface area contributed by atoms with Gasteiger partial charge >= 0.3 is 6.18 Å². The van der Waals surface area contributed by atoms with Crippen molar-refractivity contribution in [3.8, 4) is 11.4 Å². The molecule has 0 radical (unpaired) electrons. The number of fused-ring (bicyclic) bond motifs is 3. The van der Waals surface area contributed by atoms with E-state index in [2.05, 4.69) is 22.0 Å². The van der Waals surface area contributed by atoms with Crippen molar-refractivity contribution in [3.63, 3.8) is 0 Å². The molecule has 0 saturated carbocycles. The van der Waals surface area contributed by atoms with Crippen molar-refractivity contribution in [2.45, 2.75) is 6.18 Å². The molecule has 3 heterocycles. The van der Waals surface area contributed by atoms with Crippen LogP contribution >= 0.6 is 0 Å². The van der Waals surface area contributed by atoms with E-state index >= 15 is 0 Å². The van der Waals surface area contributed by atoms with Crippen molar-refractivity contribution >= 4 is 33.4 Å².